The Morgan fingerprint density at radius 3 is 1.57 bits per heavy atom. The lowest BCUT2D eigenvalue weighted by Gasteiger charge is -2.32. The van der Waals surface area contributed by atoms with Crippen molar-refractivity contribution >= 4 is 12.6 Å². The van der Waals surface area contributed by atoms with Gasteiger partial charge in [0.2, 0.25) is 0 Å². The molecule has 0 spiro atoms. The highest BCUT2D eigenvalue weighted by atomic mass is 16.7. The molecule has 0 bridgehead atoms. The molecule has 0 saturated carbocycles. The Labute approximate surface area is 168 Å². The van der Waals surface area contributed by atoms with Gasteiger partial charge in [-0.3, -0.25) is 9.97 Å². The number of aromatic nitrogens is 2. The van der Waals surface area contributed by atoms with Crippen molar-refractivity contribution in [3.8, 4) is 22.3 Å². The van der Waals surface area contributed by atoms with Crippen LogP contribution in [0.4, 0.5) is 0 Å². The summed E-state index contributed by atoms with van der Waals surface area (Å²) in [5.74, 6) is 0. The molecule has 0 radical (unpaired) electrons. The van der Waals surface area contributed by atoms with E-state index in [1.165, 1.54) is 0 Å². The lowest BCUT2D eigenvalue weighted by Crippen LogP contribution is -2.41. The topological polar surface area (TPSA) is 44.2 Å². The van der Waals surface area contributed by atoms with Crippen LogP contribution in [0.3, 0.4) is 0 Å². The van der Waals surface area contributed by atoms with E-state index in [4.69, 9.17) is 9.31 Å². The van der Waals surface area contributed by atoms with Gasteiger partial charge in [0.05, 0.1) is 11.2 Å². The van der Waals surface area contributed by atoms with Crippen LogP contribution in [-0.4, -0.2) is 28.3 Å². The SMILES string of the molecule is C.CC1(C)OB(c2cc(-c3cccnc3)cc(-c3cccnc3)c2)OC1(C)C. The van der Waals surface area contributed by atoms with Gasteiger partial charge in [-0.05, 0) is 73.6 Å². The van der Waals surface area contributed by atoms with E-state index in [0.717, 1.165) is 27.7 Å². The van der Waals surface area contributed by atoms with Gasteiger partial charge in [0, 0.05) is 24.8 Å². The maximum atomic E-state index is 6.28. The van der Waals surface area contributed by atoms with Crippen molar-refractivity contribution in [3.63, 3.8) is 0 Å². The third kappa shape index (κ3) is 3.73. The second kappa shape index (κ2) is 7.49. The van der Waals surface area contributed by atoms with Gasteiger partial charge in [0.1, 0.15) is 0 Å². The molecular formula is C23H27BN2O2. The van der Waals surface area contributed by atoms with Crippen molar-refractivity contribution < 1.29 is 9.31 Å². The molecule has 5 heteroatoms. The molecule has 28 heavy (non-hydrogen) atoms. The fourth-order valence-electron chi connectivity index (χ4n) is 3.17. The Morgan fingerprint density at radius 1 is 0.714 bits per heavy atom. The summed E-state index contributed by atoms with van der Waals surface area (Å²) in [7, 11) is -0.415. The molecule has 1 aliphatic rings. The van der Waals surface area contributed by atoms with Crippen molar-refractivity contribution in [1.29, 1.82) is 0 Å². The number of hydrogen-bond donors (Lipinski definition) is 0. The van der Waals surface area contributed by atoms with Crippen LogP contribution in [0.25, 0.3) is 22.3 Å². The van der Waals surface area contributed by atoms with Gasteiger partial charge in [-0.2, -0.15) is 0 Å². The molecule has 3 heterocycles. The summed E-state index contributed by atoms with van der Waals surface area (Å²) in [6, 6.07) is 14.4. The molecule has 2 aromatic heterocycles. The van der Waals surface area contributed by atoms with Crippen molar-refractivity contribution in [3.05, 3.63) is 67.3 Å². The highest BCUT2D eigenvalue weighted by Crippen LogP contribution is 2.37. The van der Waals surface area contributed by atoms with Crippen molar-refractivity contribution in [1.82, 2.24) is 9.97 Å². The number of hydrogen-bond acceptors (Lipinski definition) is 4. The third-order valence-electron chi connectivity index (χ3n) is 5.47. The van der Waals surface area contributed by atoms with Gasteiger partial charge in [-0.25, -0.2) is 0 Å². The fourth-order valence-corrected chi connectivity index (χ4v) is 3.17. The molecule has 0 amide bonds. The highest BCUT2D eigenvalue weighted by Gasteiger charge is 2.51. The molecule has 0 unspecified atom stereocenters. The Bertz CT molecular complexity index is 870. The van der Waals surface area contributed by atoms with Gasteiger partial charge in [0.25, 0.3) is 0 Å². The first-order chi connectivity index (χ1) is 12.9. The summed E-state index contributed by atoms with van der Waals surface area (Å²) in [6.07, 6.45) is 7.31. The molecular weight excluding hydrogens is 347 g/mol. The quantitative estimate of drug-likeness (QED) is 0.621. The van der Waals surface area contributed by atoms with E-state index in [9.17, 15) is 0 Å². The maximum absolute atomic E-state index is 6.28. The Morgan fingerprint density at radius 2 is 1.18 bits per heavy atom. The summed E-state index contributed by atoms with van der Waals surface area (Å²) in [4.78, 5) is 8.52. The molecule has 1 saturated heterocycles. The van der Waals surface area contributed by atoms with Crippen molar-refractivity contribution in [2.75, 3.05) is 0 Å². The first-order valence-electron chi connectivity index (χ1n) is 9.17. The van der Waals surface area contributed by atoms with E-state index < -0.39 is 7.12 Å². The second-order valence-electron chi connectivity index (χ2n) is 7.92. The maximum Gasteiger partial charge on any atom is 0.494 e. The van der Waals surface area contributed by atoms with E-state index in [1.807, 2.05) is 24.5 Å². The number of benzene rings is 1. The normalized spacial score (nSPS) is 17.2. The van der Waals surface area contributed by atoms with Crippen LogP contribution < -0.4 is 5.46 Å². The van der Waals surface area contributed by atoms with Crippen LogP contribution in [-0.2, 0) is 9.31 Å². The minimum absolute atomic E-state index is 0. The molecule has 0 atom stereocenters. The molecule has 1 aliphatic heterocycles. The molecule has 4 rings (SSSR count). The molecule has 3 aromatic rings. The lowest BCUT2D eigenvalue weighted by molar-refractivity contribution is 0.00578. The van der Waals surface area contributed by atoms with E-state index in [1.54, 1.807) is 12.4 Å². The zero-order valence-electron chi connectivity index (χ0n) is 16.1. The molecule has 1 aromatic carbocycles. The van der Waals surface area contributed by atoms with Crippen LogP contribution in [0.1, 0.15) is 35.1 Å². The number of pyridine rings is 2. The zero-order valence-corrected chi connectivity index (χ0v) is 16.1. The third-order valence-corrected chi connectivity index (χ3v) is 5.47. The predicted octanol–water partition coefficient (Wildman–Crippen LogP) is 4.75. The Kier molecular flexibility index (Phi) is 5.42. The minimum atomic E-state index is -0.415. The standard InChI is InChI=1S/C22H23BN2O2.CH4/c1-21(2)22(3,4)27-23(26-21)20-12-18(16-7-5-9-24-14-16)11-19(13-20)17-8-6-10-25-15-17;/h5-15H,1-4H3;1H4. The minimum Gasteiger partial charge on any atom is -0.399 e. The van der Waals surface area contributed by atoms with Crippen LogP contribution in [0.5, 0.6) is 0 Å². The average molecular weight is 374 g/mol. The van der Waals surface area contributed by atoms with Gasteiger partial charge in [-0.1, -0.05) is 31.7 Å². The molecule has 0 aliphatic carbocycles. The summed E-state index contributed by atoms with van der Waals surface area (Å²) in [6.45, 7) is 8.28. The second-order valence-corrected chi connectivity index (χ2v) is 7.92. The first-order valence-corrected chi connectivity index (χ1v) is 9.17. The largest absolute Gasteiger partial charge is 0.494 e. The Hall–Kier alpha value is -2.50. The lowest BCUT2D eigenvalue weighted by atomic mass is 9.76. The van der Waals surface area contributed by atoms with Crippen LogP contribution in [0.15, 0.2) is 67.3 Å². The number of rotatable bonds is 3. The van der Waals surface area contributed by atoms with Crippen LogP contribution in [0.2, 0.25) is 0 Å². The molecule has 144 valence electrons. The Balaban J connectivity index is 0.00000225. The monoisotopic (exact) mass is 374 g/mol. The van der Waals surface area contributed by atoms with Crippen LogP contribution in [0, 0.1) is 0 Å². The summed E-state index contributed by atoms with van der Waals surface area (Å²) >= 11 is 0. The molecule has 1 fully saturated rings. The van der Waals surface area contributed by atoms with Crippen molar-refractivity contribution in [2.45, 2.75) is 46.3 Å². The van der Waals surface area contributed by atoms with E-state index in [-0.39, 0.29) is 18.6 Å². The van der Waals surface area contributed by atoms with E-state index >= 15 is 0 Å². The van der Waals surface area contributed by atoms with Gasteiger partial charge < -0.3 is 9.31 Å². The first kappa shape index (κ1) is 20.2. The highest BCUT2D eigenvalue weighted by molar-refractivity contribution is 6.62. The molecule has 0 N–H and O–H groups in total. The molecule has 4 nitrogen and oxygen atoms in total. The summed E-state index contributed by atoms with van der Waals surface area (Å²) in [5, 5.41) is 0. The smallest absolute Gasteiger partial charge is 0.399 e. The fraction of sp³-hybridized carbons (Fsp3) is 0.304. The summed E-state index contributed by atoms with van der Waals surface area (Å²) < 4.78 is 12.6. The van der Waals surface area contributed by atoms with Gasteiger partial charge in [0.15, 0.2) is 0 Å². The zero-order chi connectivity index (χ0) is 19.1. The van der Waals surface area contributed by atoms with Crippen molar-refractivity contribution in [2.24, 2.45) is 0 Å². The number of nitrogens with zero attached hydrogens (tertiary/aromatic N) is 2. The average Bonchev–Trinajstić information content (AvgIpc) is 2.90. The van der Waals surface area contributed by atoms with E-state index in [2.05, 4.69) is 68.0 Å². The summed E-state index contributed by atoms with van der Waals surface area (Å²) in [5.41, 5.74) is 4.51. The van der Waals surface area contributed by atoms with Crippen LogP contribution >= 0.6 is 0 Å². The predicted molar refractivity (Wildman–Crippen MR) is 115 cm³/mol. The van der Waals surface area contributed by atoms with E-state index in [0.29, 0.717) is 0 Å². The van der Waals surface area contributed by atoms with Gasteiger partial charge >= 0.3 is 7.12 Å². The van der Waals surface area contributed by atoms with Gasteiger partial charge in [-0.15, -0.1) is 0 Å².